The second-order valence-electron chi connectivity index (χ2n) is 4.58. The van der Waals surface area contributed by atoms with Gasteiger partial charge in [-0.3, -0.25) is 0 Å². The summed E-state index contributed by atoms with van der Waals surface area (Å²) in [7, 11) is -3.41. The van der Waals surface area contributed by atoms with Crippen molar-refractivity contribution in [3.63, 3.8) is 0 Å². The molecular weight excluding hydrogens is 316 g/mol. The van der Waals surface area contributed by atoms with Crippen molar-refractivity contribution in [2.75, 3.05) is 18.8 Å². The molecule has 0 amide bonds. The Morgan fingerprint density at radius 3 is 2.44 bits per heavy atom. The van der Waals surface area contributed by atoms with Crippen molar-refractivity contribution in [2.45, 2.75) is 31.1 Å². The SMILES string of the molecule is Cc1c(N)cc(Br)cc1S(=O)(=O)N1CCCCC1. The Labute approximate surface area is 116 Å². The van der Waals surface area contributed by atoms with Crippen LogP contribution in [0.3, 0.4) is 0 Å². The summed E-state index contributed by atoms with van der Waals surface area (Å²) in [6.45, 7) is 2.96. The number of rotatable bonds is 2. The molecule has 0 saturated carbocycles. The van der Waals surface area contributed by atoms with Crippen molar-refractivity contribution in [3.05, 3.63) is 22.2 Å². The Balaban J connectivity index is 2.46. The molecule has 100 valence electrons. The number of piperidine rings is 1. The van der Waals surface area contributed by atoms with Gasteiger partial charge in [-0.1, -0.05) is 22.4 Å². The summed E-state index contributed by atoms with van der Waals surface area (Å²) in [5.74, 6) is 0. The van der Waals surface area contributed by atoms with E-state index in [0.717, 1.165) is 19.3 Å². The van der Waals surface area contributed by atoms with E-state index in [-0.39, 0.29) is 0 Å². The van der Waals surface area contributed by atoms with Crippen LogP contribution in [-0.2, 0) is 10.0 Å². The van der Waals surface area contributed by atoms with Crippen LogP contribution in [0.4, 0.5) is 5.69 Å². The topological polar surface area (TPSA) is 63.4 Å². The highest BCUT2D eigenvalue weighted by atomic mass is 79.9. The second-order valence-corrected chi connectivity index (χ2v) is 7.40. The predicted molar refractivity (Wildman–Crippen MR) is 75.9 cm³/mol. The van der Waals surface area contributed by atoms with Crippen LogP contribution in [-0.4, -0.2) is 25.8 Å². The number of halogens is 1. The smallest absolute Gasteiger partial charge is 0.243 e. The monoisotopic (exact) mass is 332 g/mol. The lowest BCUT2D eigenvalue weighted by Crippen LogP contribution is -2.36. The van der Waals surface area contributed by atoms with Gasteiger partial charge in [-0.05, 0) is 37.5 Å². The van der Waals surface area contributed by atoms with Gasteiger partial charge in [0.15, 0.2) is 0 Å². The first-order valence-electron chi connectivity index (χ1n) is 5.98. The molecule has 1 aromatic carbocycles. The van der Waals surface area contributed by atoms with Gasteiger partial charge in [-0.25, -0.2) is 8.42 Å². The van der Waals surface area contributed by atoms with Crippen LogP contribution < -0.4 is 5.73 Å². The largest absolute Gasteiger partial charge is 0.398 e. The fourth-order valence-electron chi connectivity index (χ4n) is 2.19. The van der Waals surface area contributed by atoms with Crippen LogP contribution in [0, 0.1) is 6.92 Å². The van der Waals surface area contributed by atoms with E-state index in [1.54, 1.807) is 23.4 Å². The molecule has 6 heteroatoms. The Morgan fingerprint density at radius 1 is 1.22 bits per heavy atom. The average Bonchev–Trinajstić information content (AvgIpc) is 2.34. The molecule has 0 radical (unpaired) electrons. The van der Waals surface area contributed by atoms with Gasteiger partial charge < -0.3 is 5.73 Å². The lowest BCUT2D eigenvalue weighted by atomic mass is 10.2. The maximum Gasteiger partial charge on any atom is 0.243 e. The summed E-state index contributed by atoms with van der Waals surface area (Å²) in [4.78, 5) is 0.316. The molecular formula is C12H17BrN2O2S. The molecule has 0 aliphatic carbocycles. The van der Waals surface area contributed by atoms with E-state index >= 15 is 0 Å². The maximum atomic E-state index is 12.6. The van der Waals surface area contributed by atoms with Crippen molar-refractivity contribution >= 4 is 31.6 Å². The molecule has 2 N–H and O–H groups in total. The van der Waals surface area contributed by atoms with Gasteiger partial charge in [0.2, 0.25) is 10.0 Å². The summed E-state index contributed by atoms with van der Waals surface area (Å²) < 4.78 is 27.4. The summed E-state index contributed by atoms with van der Waals surface area (Å²) in [6.07, 6.45) is 2.97. The van der Waals surface area contributed by atoms with E-state index in [0.29, 0.717) is 33.7 Å². The third-order valence-corrected chi connectivity index (χ3v) is 5.78. The zero-order chi connectivity index (χ0) is 13.3. The highest BCUT2D eigenvalue weighted by Crippen LogP contribution is 2.29. The summed E-state index contributed by atoms with van der Waals surface area (Å²) in [5, 5.41) is 0. The number of nitrogen functional groups attached to an aromatic ring is 1. The molecule has 1 saturated heterocycles. The van der Waals surface area contributed by atoms with E-state index in [9.17, 15) is 8.42 Å². The molecule has 0 bridgehead atoms. The first kappa shape index (κ1) is 13.8. The molecule has 1 heterocycles. The third-order valence-electron chi connectivity index (χ3n) is 3.30. The Bertz CT molecular complexity index is 551. The Morgan fingerprint density at radius 2 is 1.83 bits per heavy atom. The molecule has 1 aromatic rings. The predicted octanol–water partition coefficient (Wildman–Crippen LogP) is 2.51. The first-order valence-corrected chi connectivity index (χ1v) is 8.22. The van der Waals surface area contributed by atoms with E-state index in [4.69, 9.17) is 5.73 Å². The minimum absolute atomic E-state index is 0.316. The van der Waals surface area contributed by atoms with Crippen molar-refractivity contribution < 1.29 is 8.42 Å². The summed E-state index contributed by atoms with van der Waals surface area (Å²) in [6, 6.07) is 3.36. The number of sulfonamides is 1. The number of hydrogen-bond acceptors (Lipinski definition) is 3. The molecule has 18 heavy (non-hydrogen) atoms. The first-order chi connectivity index (χ1) is 8.43. The van der Waals surface area contributed by atoms with Crippen LogP contribution in [0.15, 0.2) is 21.5 Å². The van der Waals surface area contributed by atoms with Crippen molar-refractivity contribution in [1.29, 1.82) is 0 Å². The van der Waals surface area contributed by atoms with Gasteiger partial charge in [0.1, 0.15) is 0 Å². The average molecular weight is 333 g/mol. The normalized spacial score (nSPS) is 17.9. The molecule has 1 aliphatic heterocycles. The number of nitrogens with zero attached hydrogens (tertiary/aromatic N) is 1. The number of anilines is 1. The second kappa shape index (κ2) is 5.19. The minimum Gasteiger partial charge on any atom is -0.398 e. The van der Waals surface area contributed by atoms with Gasteiger partial charge >= 0.3 is 0 Å². The van der Waals surface area contributed by atoms with Crippen LogP contribution in [0.25, 0.3) is 0 Å². The van der Waals surface area contributed by atoms with Crippen molar-refractivity contribution in [2.24, 2.45) is 0 Å². The van der Waals surface area contributed by atoms with Crippen LogP contribution >= 0.6 is 15.9 Å². The van der Waals surface area contributed by atoms with Crippen LogP contribution in [0.2, 0.25) is 0 Å². The third kappa shape index (κ3) is 2.55. The van der Waals surface area contributed by atoms with E-state index in [2.05, 4.69) is 15.9 Å². The summed E-state index contributed by atoms with van der Waals surface area (Å²) in [5.41, 5.74) is 6.96. The number of benzene rings is 1. The standard InChI is InChI=1S/C12H17BrN2O2S/c1-9-11(14)7-10(13)8-12(9)18(16,17)15-5-3-2-4-6-15/h7-8H,2-6,14H2,1H3. The Hall–Kier alpha value is -0.590. The van der Waals surface area contributed by atoms with Gasteiger partial charge in [-0.2, -0.15) is 4.31 Å². The molecule has 0 aromatic heterocycles. The van der Waals surface area contributed by atoms with E-state index in [1.165, 1.54) is 0 Å². The summed E-state index contributed by atoms with van der Waals surface area (Å²) >= 11 is 3.30. The number of nitrogens with two attached hydrogens (primary N) is 1. The van der Waals surface area contributed by atoms with Crippen molar-refractivity contribution in [3.8, 4) is 0 Å². The highest BCUT2D eigenvalue weighted by Gasteiger charge is 2.28. The molecule has 4 nitrogen and oxygen atoms in total. The van der Waals surface area contributed by atoms with E-state index < -0.39 is 10.0 Å². The fraction of sp³-hybridized carbons (Fsp3) is 0.500. The molecule has 0 unspecified atom stereocenters. The van der Waals surface area contributed by atoms with Crippen molar-refractivity contribution in [1.82, 2.24) is 4.31 Å². The van der Waals surface area contributed by atoms with Gasteiger partial charge in [0, 0.05) is 23.2 Å². The lowest BCUT2D eigenvalue weighted by Gasteiger charge is -2.26. The molecule has 1 aliphatic rings. The molecule has 1 fully saturated rings. The lowest BCUT2D eigenvalue weighted by molar-refractivity contribution is 0.346. The quantitative estimate of drug-likeness (QED) is 0.846. The van der Waals surface area contributed by atoms with Gasteiger partial charge in [0.25, 0.3) is 0 Å². The minimum atomic E-state index is -3.41. The maximum absolute atomic E-state index is 12.6. The zero-order valence-corrected chi connectivity index (χ0v) is 12.7. The number of hydrogen-bond donors (Lipinski definition) is 1. The van der Waals surface area contributed by atoms with Gasteiger partial charge in [0.05, 0.1) is 4.90 Å². The fourth-order valence-corrected chi connectivity index (χ4v) is 4.61. The Kier molecular flexibility index (Phi) is 3.99. The molecule has 0 spiro atoms. The van der Waals surface area contributed by atoms with Gasteiger partial charge in [-0.15, -0.1) is 0 Å². The van der Waals surface area contributed by atoms with Crippen LogP contribution in [0.1, 0.15) is 24.8 Å². The molecule has 2 rings (SSSR count). The van der Waals surface area contributed by atoms with E-state index in [1.807, 2.05) is 0 Å². The highest BCUT2D eigenvalue weighted by molar-refractivity contribution is 9.10. The van der Waals surface area contributed by atoms with Crippen LogP contribution in [0.5, 0.6) is 0 Å². The molecule has 0 atom stereocenters. The zero-order valence-electron chi connectivity index (χ0n) is 10.3.